The van der Waals surface area contributed by atoms with Crippen LogP contribution in [0, 0.1) is 5.92 Å². The van der Waals surface area contributed by atoms with Crippen LogP contribution in [0.4, 0.5) is 5.69 Å². The Bertz CT molecular complexity index is 466. The van der Waals surface area contributed by atoms with Crippen molar-refractivity contribution in [2.24, 2.45) is 5.92 Å². The SMILES string of the molecule is COC(=O)c1ccc(N2CC(CO)C2)cc1C=O. The largest absolute Gasteiger partial charge is 0.465 e. The van der Waals surface area contributed by atoms with Gasteiger partial charge in [0.15, 0.2) is 6.29 Å². The number of rotatable bonds is 4. The molecule has 1 aliphatic rings. The fraction of sp³-hybridized carbons (Fsp3) is 0.385. The Hall–Kier alpha value is -1.88. The van der Waals surface area contributed by atoms with Gasteiger partial charge < -0.3 is 14.7 Å². The van der Waals surface area contributed by atoms with E-state index in [9.17, 15) is 9.59 Å². The molecule has 0 aliphatic carbocycles. The van der Waals surface area contributed by atoms with Gasteiger partial charge in [-0.3, -0.25) is 4.79 Å². The van der Waals surface area contributed by atoms with Crippen LogP contribution in [0.2, 0.25) is 0 Å². The number of anilines is 1. The van der Waals surface area contributed by atoms with E-state index in [-0.39, 0.29) is 12.2 Å². The third kappa shape index (κ3) is 2.22. The second kappa shape index (κ2) is 5.18. The van der Waals surface area contributed by atoms with Crippen molar-refractivity contribution < 1.29 is 19.4 Å². The Kier molecular flexibility index (Phi) is 3.62. The summed E-state index contributed by atoms with van der Waals surface area (Å²) in [4.78, 5) is 24.5. The number of methoxy groups -OCH3 is 1. The van der Waals surface area contributed by atoms with Gasteiger partial charge in [-0.15, -0.1) is 0 Å². The number of carbonyl (C=O) groups excluding carboxylic acids is 2. The van der Waals surface area contributed by atoms with Crippen LogP contribution < -0.4 is 4.90 Å². The molecule has 0 spiro atoms. The van der Waals surface area contributed by atoms with E-state index in [0.29, 0.717) is 17.8 Å². The van der Waals surface area contributed by atoms with E-state index in [4.69, 9.17) is 5.11 Å². The van der Waals surface area contributed by atoms with E-state index in [1.807, 2.05) is 0 Å². The maximum Gasteiger partial charge on any atom is 0.338 e. The van der Waals surface area contributed by atoms with Gasteiger partial charge in [-0.25, -0.2) is 4.79 Å². The van der Waals surface area contributed by atoms with Crippen LogP contribution in [0.25, 0.3) is 0 Å². The highest BCUT2D eigenvalue weighted by Gasteiger charge is 2.26. The van der Waals surface area contributed by atoms with Crippen LogP contribution in [0.1, 0.15) is 20.7 Å². The minimum atomic E-state index is -0.513. The monoisotopic (exact) mass is 249 g/mol. The number of aliphatic hydroxyl groups is 1. The molecule has 1 aliphatic heterocycles. The van der Waals surface area contributed by atoms with Gasteiger partial charge in [0.05, 0.1) is 12.7 Å². The first-order valence-corrected chi connectivity index (χ1v) is 5.73. The van der Waals surface area contributed by atoms with Crippen molar-refractivity contribution in [3.05, 3.63) is 29.3 Å². The van der Waals surface area contributed by atoms with Gasteiger partial charge in [-0.05, 0) is 18.2 Å². The van der Waals surface area contributed by atoms with E-state index in [1.54, 1.807) is 18.2 Å². The summed E-state index contributed by atoms with van der Waals surface area (Å²) in [6.07, 6.45) is 0.652. The van der Waals surface area contributed by atoms with Crippen molar-refractivity contribution in [2.45, 2.75) is 0 Å². The third-order valence-electron chi connectivity index (χ3n) is 3.15. The molecule has 1 aromatic rings. The van der Waals surface area contributed by atoms with E-state index in [2.05, 4.69) is 9.64 Å². The predicted molar refractivity (Wildman–Crippen MR) is 66.0 cm³/mol. The van der Waals surface area contributed by atoms with E-state index in [1.165, 1.54) is 7.11 Å². The molecule has 1 N–H and O–H groups in total. The standard InChI is InChI=1S/C13H15NO4/c1-18-13(17)12-3-2-11(4-10(12)8-16)14-5-9(6-14)7-15/h2-4,8-9,15H,5-7H2,1H3. The highest BCUT2D eigenvalue weighted by atomic mass is 16.5. The van der Waals surface area contributed by atoms with Gasteiger partial charge >= 0.3 is 5.97 Å². The van der Waals surface area contributed by atoms with Crippen molar-refractivity contribution in [1.29, 1.82) is 0 Å². The fourth-order valence-corrected chi connectivity index (χ4v) is 2.04. The van der Waals surface area contributed by atoms with Crippen molar-refractivity contribution in [3.8, 4) is 0 Å². The van der Waals surface area contributed by atoms with Crippen LogP contribution in [0.3, 0.4) is 0 Å². The lowest BCUT2D eigenvalue weighted by Gasteiger charge is -2.40. The molecule has 96 valence electrons. The topological polar surface area (TPSA) is 66.8 Å². The van der Waals surface area contributed by atoms with Crippen molar-refractivity contribution in [1.82, 2.24) is 0 Å². The summed E-state index contributed by atoms with van der Waals surface area (Å²) in [5, 5.41) is 8.96. The summed E-state index contributed by atoms with van der Waals surface area (Å²) in [5.41, 5.74) is 1.48. The molecule has 2 rings (SSSR count). The smallest absolute Gasteiger partial charge is 0.338 e. The lowest BCUT2D eigenvalue weighted by molar-refractivity contribution is 0.0598. The molecule has 1 heterocycles. The lowest BCUT2D eigenvalue weighted by Crippen LogP contribution is -2.48. The summed E-state index contributed by atoms with van der Waals surface area (Å²) in [6, 6.07) is 5.05. The quantitative estimate of drug-likeness (QED) is 0.629. The number of benzene rings is 1. The predicted octanol–water partition coefficient (Wildman–Crippen LogP) is 0.714. The van der Waals surface area contributed by atoms with E-state index in [0.717, 1.165) is 18.8 Å². The first-order chi connectivity index (χ1) is 8.69. The number of aldehydes is 1. The molecule has 0 atom stereocenters. The minimum absolute atomic E-state index is 0.178. The molecule has 1 aromatic carbocycles. The molecule has 18 heavy (non-hydrogen) atoms. The maximum atomic E-state index is 11.4. The Morgan fingerprint density at radius 2 is 2.28 bits per heavy atom. The molecule has 1 fully saturated rings. The average Bonchev–Trinajstić information content (AvgIpc) is 2.36. The zero-order valence-corrected chi connectivity index (χ0v) is 10.1. The Morgan fingerprint density at radius 1 is 1.56 bits per heavy atom. The third-order valence-corrected chi connectivity index (χ3v) is 3.15. The van der Waals surface area contributed by atoms with Crippen LogP contribution in [-0.2, 0) is 4.74 Å². The molecule has 0 unspecified atom stereocenters. The highest BCUT2D eigenvalue weighted by Crippen LogP contribution is 2.26. The normalized spacial score (nSPS) is 15.1. The first-order valence-electron chi connectivity index (χ1n) is 5.73. The minimum Gasteiger partial charge on any atom is -0.465 e. The van der Waals surface area contributed by atoms with Gasteiger partial charge in [-0.2, -0.15) is 0 Å². The fourth-order valence-electron chi connectivity index (χ4n) is 2.04. The molecular formula is C13H15NO4. The van der Waals surface area contributed by atoms with Crippen LogP contribution in [0.5, 0.6) is 0 Å². The summed E-state index contributed by atoms with van der Waals surface area (Å²) in [7, 11) is 1.28. The molecule has 5 heteroatoms. The van der Waals surface area contributed by atoms with Crippen LogP contribution >= 0.6 is 0 Å². The number of aliphatic hydroxyl groups excluding tert-OH is 1. The molecule has 0 radical (unpaired) electrons. The van der Waals surface area contributed by atoms with Gasteiger partial charge in [0, 0.05) is 36.9 Å². The molecule has 0 amide bonds. The van der Waals surface area contributed by atoms with Gasteiger partial charge in [0.25, 0.3) is 0 Å². The Morgan fingerprint density at radius 3 is 2.83 bits per heavy atom. The molecular weight excluding hydrogens is 234 g/mol. The number of esters is 1. The molecule has 0 aromatic heterocycles. The Labute approximate surface area is 105 Å². The van der Waals surface area contributed by atoms with Crippen molar-refractivity contribution in [3.63, 3.8) is 0 Å². The molecule has 0 saturated carbocycles. The zero-order valence-electron chi connectivity index (χ0n) is 10.1. The number of hydrogen-bond acceptors (Lipinski definition) is 5. The molecule has 1 saturated heterocycles. The molecule has 5 nitrogen and oxygen atoms in total. The first kappa shape index (κ1) is 12.6. The molecule has 0 bridgehead atoms. The summed E-state index contributed by atoms with van der Waals surface area (Å²) < 4.78 is 4.61. The van der Waals surface area contributed by atoms with Crippen molar-refractivity contribution in [2.75, 3.05) is 31.7 Å². The second-order valence-electron chi connectivity index (χ2n) is 4.33. The number of hydrogen-bond donors (Lipinski definition) is 1. The zero-order chi connectivity index (χ0) is 13.1. The maximum absolute atomic E-state index is 11.4. The van der Waals surface area contributed by atoms with Crippen LogP contribution in [0.15, 0.2) is 18.2 Å². The highest BCUT2D eigenvalue weighted by molar-refractivity contribution is 5.99. The van der Waals surface area contributed by atoms with Crippen molar-refractivity contribution >= 4 is 17.9 Å². The second-order valence-corrected chi connectivity index (χ2v) is 4.33. The number of nitrogens with zero attached hydrogens (tertiary/aromatic N) is 1. The van der Waals surface area contributed by atoms with Gasteiger partial charge in [-0.1, -0.05) is 0 Å². The summed E-state index contributed by atoms with van der Waals surface area (Å²) in [6.45, 7) is 1.72. The number of ether oxygens (including phenoxy) is 1. The summed E-state index contributed by atoms with van der Waals surface area (Å²) in [5.74, 6) is -0.217. The lowest BCUT2D eigenvalue weighted by atomic mass is 9.99. The van der Waals surface area contributed by atoms with Gasteiger partial charge in [0.2, 0.25) is 0 Å². The summed E-state index contributed by atoms with van der Waals surface area (Å²) >= 11 is 0. The average molecular weight is 249 g/mol. The van der Waals surface area contributed by atoms with E-state index < -0.39 is 5.97 Å². The number of carbonyl (C=O) groups is 2. The van der Waals surface area contributed by atoms with E-state index >= 15 is 0 Å². The van der Waals surface area contributed by atoms with Crippen LogP contribution in [-0.4, -0.2) is 44.2 Å². The Balaban J connectivity index is 2.20. The van der Waals surface area contributed by atoms with Gasteiger partial charge in [0.1, 0.15) is 0 Å².